The normalized spacial score (nSPS) is 29.6. The predicted octanol–water partition coefficient (Wildman–Crippen LogP) is 3.44. The van der Waals surface area contributed by atoms with Crippen LogP contribution in [0, 0.1) is 11.8 Å². The maximum atomic E-state index is 12.2. The minimum Gasteiger partial charge on any atom is -0.468 e. The van der Waals surface area contributed by atoms with E-state index >= 15 is 0 Å². The van der Waals surface area contributed by atoms with Crippen LogP contribution in [0.5, 0.6) is 0 Å². The van der Waals surface area contributed by atoms with Crippen LogP contribution >= 0.6 is 0 Å². The number of methoxy groups -OCH3 is 1. The molecule has 0 radical (unpaired) electrons. The lowest BCUT2D eigenvalue weighted by Crippen LogP contribution is -2.49. The summed E-state index contributed by atoms with van der Waals surface area (Å²) in [5, 5.41) is 3.62. The van der Waals surface area contributed by atoms with E-state index < -0.39 is 0 Å². The predicted molar refractivity (Wildman–Crippen MR) is 81.5 cm³/mol. The molecule has 0 amide bonds. The molecule has 3 nitrogen and oxygen atoms in total. The van der Waals surface area contributed by atoms with E-state index in [0.717, 1.165) is 12.8 Å². The van der Waals surface area contributed by atoms with Crippen LogP contribution in [-0.2, 0) is 9.53 Å². The van der Waals surface area contributed by atoms with Gasteiger partial charge >= 0.3 is 5.97 Å². The van der Waals surface area contributed by atoms with Gasteiger partial charge in [-0.15, -0.1) is 0 Å². The minimum absolute atomic E-state index is 0.0810. The summed E-state index contributed by atoms with van der Waals surface area (Å²) in [4.78, 5) is 12.2. The van der Waals surface area contributed by atoms with Crippen molar-refractivity contribution < 1.29 is 9.53 Å². The number of allylic oxidation sites excluding steroid dienone is 2. The first-order valence-electron chi connectivity index (χ1n) is 8.11. The molecule has 2 aliphatic rings. The van der Waals surface area contributed by atoms with Crippen LogP contribution in [0.3, 0.4) is 0 Å². The molecular formula is C17H29NO2. The average Bonchev–Trinajstić information content (AvgIpc) is 2.44. The Bertz CT molecular complexity index is 358. The molecule has 3 heteroatoms. The van der Waals surface area contributed by atoms with Gasteiger partial charge in [-0.25, -0.2) is 0 Å². The topological polar surface area (TPSA) is 38.3 Å². The Hall–Kier alpha value is -0.830. The third kappa shape index (κ3) is 4.08. The fraction of sp³-hybridized carbons (Fsp3) is 0.824. The van der Waals surface area contributed by atoms with Gasteiger partial charge in [0.25, 0.3) is 0 Å². The molecule has 3 atom stereocenters. The van der Waals surface area contributed by atoms with Gasteiger partial charge in [0, 0.05) is 6.04 Å². The fourth-order valence-corrected chi connectivity index (χ4v) is 3.90. The second kappa shape index (κ2) is 7.26. The number of carbonyl (C=O) groups is 1. The van der Waals surface area contributed by atoms with Gasteiger partial charge in [-0.05, 0) is 44.4 Å². The summed E-state index contributed by atoms with van der Waals surface area (Å²) in [6.45, 7) is 4.42. The van der Waals surface area contributed by atoms with Crippen LogP contribution in [0.15, 0.2) is 11.6 Å². The van der Waals surface area contributed by atoms with E-state index in [9.17, 15) is 4.79 Å². The van der Waals surface area contributed by atoms with E-state index in [1.807, 2.05) is 0 Å². The van der Waals surface area contributed by atoms with Crippen molar-refractivity contribution in [3.63, 3.8) is 0 Å². The monoisotopic (exact) mass is 279 g/mol. The smallest absolute Gasteiger partial charge is 0.323 e. The summed E-state index contributed by atoms with van der Waals surface area (Å²) in [6, 6.07) is 0.364. The van der Waals surface area contributed by atoms with Crippen molar-refractivity contribution >= 4 is 5.97 Å². The van der Waals surface area contributed by atoms with Crippen LogP contribution in [0.4, 0.5) is 0 Å². The van der Waals surface area contributed by atoms with Gasteiger partial charge in [-0.2, -0.15) is 0 Å². The Morgan fingerprint density at radius 2 is 2.05 bits per heavy atom. The molecule has 0 spiro atoms. The number of hydrogen-bond acceptors (Lipinski definition) is 3. The number of nitrogens with one attached hydrogen (secondary N) is 1. The molecule has 0 aliphatic heterocycles. The number of carbonyl (C=O) groups excluding carboxylic acids is 1. The van der Waals surface area contributed by atoms with Gasteiger partial charge < -0.3 is 10.1 Å². The summed E-state index contributed by atoms with van der Waals surface area (Å²) in [7, 11) is 1.51. The molecule has 2 rings (SSSR count). The van der Waals surface area contributed by atoms with E-state index in [0.29, 0.717) is 17.9 Å². The first kappa shape index (κ1) is 15.6. The molecule has 2 aliphatic carbocycles. The van der Waals surface area contributed by atoms with Crippen LogP contribution in [0.1, 0.15) is 58.8 Å². The molecule has 0 aromatic heterocycles. The molecule has 0 saturated heterocycles. The molecule has 0 bridgehead atoms. The Balaban J connectivity index is 2.03. The van der Waals surface area contributed by atoms with Gasteiger partial charge in [-0.1, -0.05) is 37.8 Å². The maximum absolute atomic E-state index is 12.2. The Labute approximate surface area is 123 Å². The zero-order chi connectivity index (χ0) is 14.5. The van der Waals surface area contributed by atoms with E-state index in [2.05, 4.69) is 25.2 Å². The van der Waals surface area contributed by atoms with E-state index in [1.165, 1.54) is 44.8 Å². The SMILES string of the molecule is COC(=O)C(NC1CCCCC1)C1CC(C)=CC(C)C1. The lowest BCUT2D eigenvalue weighted by Gasteiger charge is -2.35. The van der Waals surface area contributed by atoms with Gasteiger partial charge in [0.15, 0.2) is 0 Å². The van der Waals surface area contributed by atoms with Crippen molar-refractivity contribution in [1.29, 1.82) is 0 Å². The van der Waals surface area contributed by atoms with Gasteiger partial charge in [0.2, 0.25) is 0 Å². The van der Waals surface area contributed by atoms with E-state index in [-0.39, 0.29) is 12.0 Å². The highest BCUT2D eigenvalue weighted by Crippen LogP contribution is 2.31. The van der Waals surface area contributed by atoms with Crippen molar-refractivity contribution in [2.24, 2.45) is 11.8 Å². The average molecular weight is 279 g/mol. The second-order valence-electron chi connectivity index (χ2n) is 6.69. The minimum atomic E-state index is -0.130. The fourth-order valence-electron chi connectivity index (χ4n) is 3.90. The van der Waals surface area contributed by atoms with Crippen molar-refractivity contribution in [2.75, 3.05) is 7.11 Å². The summed E-state index contributed by atoms with van der Waals surface area (Å²) in [5.74, 6) is 0.862. The van der Waals surface area contributed by atoms with Crippen molar-refractivity contribution in [1.82, 2.24) is 5.32 Å². The first-order chi connectivity index (χ1) is 9.60. The molecule has 0 aromatic carbocycles. The zero-order valence-corrected chi connectivity index (χ0v) is 13.2. The van der Waals surface area contributed by atoms with Crippen LogP contribution in [0.2, 0.25) is 0 Å². The number of rotatable bonds is 4. The molecule has 1 fully saturated rings. The number of hydrogen-bond donors (Lipinski definition) is 1. The van der Waals surface area contributed by atoms with Crippen molar-refractivity contribution in [2.45, 2.75) is 70.9 Å². The quantitative estimate of drug-likeness (QED) is 0.633. The molecule has 20 heavy (non-hydrogen) atoms. The Morgan fingerprint density at radius 3 is 2.65 bits per heavy atom. The van der Waals surface area contributed by atoms with Gasteiger partial charge in [-0.3, -0.25) is 4.79 Å². The van der Waals surface area contributed by atoms with Crippen LogP contribution in [-0.4, -0.2) is 25.2 Å². The maximum Gasteiger partial charge on any atom is 0.323 e. The first-order valence-corrected chi connectivity index (χ1v) is 8.11. The van der Waals surface area contributed by atoms with Gasteiger partial charge in [0.05, 0.1) is 7.11 Å². The Morgan fingerprint density at radius 1 is 1.35 bits per heavy atom. The largest absolute Gasteiger partial charge is 0.468 e. The summed E-state index contributed by atoms with van der Waals surface area (Å²) < 4.78 is 5.06. The van der Waals surface area contributed by atoms with E-state index in [1.54, 1.807) is 0 Å². The molecule has 0 aromatic rings. The molecule has 114 valence electrons. The molecular weight excluding hydrogens is 250 g/mol. The highest BCUT2D eigenvalue weighted by molar-refractivity contribution is 5.76. The third-order valence-corrected chi connectivity index (χ3v) is 4.77. The van der Waals surface area contributed by atoms with E-state index in [4.69, 9.17) is 4.74 Å². The molecule has 3 unspecified atom stereocenters. The molecule has 0 heterocycles. The lowest BCUT2D eigenvalue weighted by atomic mass is 9.79. The zero-order valence-electron chi connectivity index (χ0n) is 13.2. The highest BCUT2D eigenvalue weighted by Gasteiger charge is 2.33. The highest BCUT2D eigenvalue weighted by atomic mass is 16.5. The van der Waals surface area contributed by atoms with Crippen LogP contribution in [0.25, 0.3) is 0 Å². The lowest BCUT2D eigenvalue weighted by molar-refractivity contribution is -0.145. The Kier molecular flexibility index (Phi) is 5.64. The van der Waals surface area contributed by atoms with Crippen molar-refractivity contribution in [3.8, 4) is 0 Å². The summed E-state index contributed by atoms with van der Waals surface area (Å²) >= 11 is 0. The second-order valence-corrected chi connectivity index (χ2v) is 6.69. The summed E-state index contributed by atoms with van der Waals surface area (Å²) in [6.07, 6.45) is 10.7. The van der Waals surface area contributed by atoms with Crippen LogP contribution < -0.4 is 5.32 Å². The molecule has 1 saturated carbocycles. The third-order valence-electron chi connectivity index (χ3n) is 4.77. The molecule has 1 N–H and O–H groups in total. The number of esters is 1. The number of ether oxygens (including phenoxy) is 1. The standard InChI is InChI=1S/C17H29NO2/c1-12-9-13(2)11-14(10-12)16(17(19)20-3)18-15-7-5-4-6-8-15/h9,12,14-16,18H,4-8,10-11H2,1-3H3. The van der Waals surface area contributed by atoms with Gasteiger partial charge in [0.1, 0.15) is 6.04 Å². The van der Waals surface area contributed by atoms with Crippen molar-refractivity contribution in [3.05, 3.63) is 11.6 Å². The summed E-state index contributed by atoms with van der Waals surface area (Å²) in [5.41, 5.74) is 1.41.